The van der Waals surface area contributed by atoms with Crippen molar-refractivity contribution in [2.24, 2.45) is 11.7 Å². The largest absolute Gasteiger partial charge is 0.461 e. The summed E-state index contributed by atoms with van der Waals surface area (Å²) in [6, 6.07) is 12.7. The summed E-state index contributed by atoms with van der Waals surface area (Å²) >= 11 is 11.2. The minimum Gasteiger partial charge on any atom is -0.461 e. The molecule has 4 aromatic rings. The second-order valence-electron chi connectivity index (χ2n) is 11.1. The zero-order chi connectivity index (χ0) is 32.3. The van der Waals surface area contributed by atoms with E-state index in [1.54, 1.807) is 6.07 Å². The maximum Gasteiger partial charge on any atom is 0.417 e. The fraction of sp³-hybridized carbons (Fsp3) is 0.355. The van der Waals surface area contributed by atoms with Crippen molar-refractivity contribution in [3.63, 3.8) is 0 Å². The van der Waals surface area contributed by atoms with Gasteiger partial charge in [0, 0.05) is 47.4 Å². The Balaban J connectivity index is 1.29. The highest BCUT2D eigenvalue weighted by atomic mass is 35.5. The van der Waals surface area contributed by atoms with E-state index in [2.05, 4.69) is 37.7 Å². The van der Waals surface area contributed by atoms with Crippen molar-refractivity contribution in [3.8, 4) is 0 Å². The summed E-state index contributed by atoms with van der Waals surface area (Å²) in [6.45, 7) is 6.99. The Morgan fingerprint density at radius 1 is 1.18 bits per heavy atom. The molecule has 2 unspecified atom stereocenters. The molecule has 2 atom stereocenters. The Morgan fingerprint density at radius 3 is 2.67 bits per heavy atom. The van der Waals surface area contributed by atoms with Gasteiger partial charge >= 0.3 is 6.18 Å². The zero-order valence-corrected chi connectivity index (χ0v) is 26.3. The molecule has 5 rings (SSSR count). The smallest absolute Gasteiger partial charge is 0.417 e. The monoisotopic (exact) mass is 658 g/mol. The Morgan fingerprint density at radius 2 is 1.98 bits per heavy atom. The lowest BCUT2D eigenvalue weighted by molar-refractivity contribution is -0.137. The number of benzene rings is 2. The van der Waals surface area contributed by atoms with Crippen molar-refractivity contribution < 1.29 is 17.6 Å². The molecule has 2 aromatic heterocycles. The molecule has 1 aliphatic heterocycles. The third kappa shape index (κ3) is 8.21. The van der Waals surface area contributed by atoms with Crippen LogP contribution >= 0.6 is 23.8 Å². The van der Waals surface area contributed by atoms with Crippen LogP contribution in [-0.4, -0.2) is 51.5 Å². The van der Waals surface area contributed by atoms with Crippen LogP contribution in [0.25, 0.3) is 11.0 Å². The van der Waals surface area contributed by atoms with Crippen LogP contribution in [0, 0.1) is 18.3 Å². The van der Waals surface area contributed by atoms with Gasteiger partial charge in [0.05, 0.1) is 10.6 Å². The van der Waals surface area contributed by atoms with Crippen LogP contribution in [0.5, 0.6) is 0 Å². The molecular formula is C31H34ClF3N8OS. The summed E-state index contributed by atoms with van der Waals surface area (Å²) in [4.78, 5) is 11.5. The second kappa shape index (κ2) is 13.6. The van der Waals surface area contributed by atoms with Crippen molar-refractivity contribution in [3.05, 3.63) is 76.1 Å². The first-order chi connectivity index (χ1) is 21.4. The van der Waals surface area contributed by atoms with Crippen LogP contribution in [-0.2, 0) is 12.6 Å². The first kappa shape index (κ1) is 32.5. The van der Waals surface area contributed by atoms with Gasteiger partial charge in [0.2, 0.25) is 5.95 Å². The SMILES string of the molecule is CCN1CCC(C(CCc2cc3cc(C(=N)N)ccc3o2)Nc2cc(C)nc(NC(=S)Nc3ccc(C(F)(F)F)c(Cl)c3)n2)C1. The molecule has 1 fully saturated rings. The number of thiocarbonyl (C=S) groups is 1. The number of amidine groups is 1. The summed E-state index contributed by atoms with van der Waals surface area (Å²) in [5.41, 5.74) is 7.14. The van der Waals surface area contributed by atoms with E-state index in [-0.39, 0.29) is 22.9 Å². The molecule has 1 aliphatic rings. The highest BCUT2D eigenvalue weighted by Gasteiger charge is 2.33. The lowest BCUT2D eigenvalue weighted by Crippen LogP contribution is -2.33. The van der Waals surface area contributed by atoms with Gasteiger partial charge in [0.1, 0.15) is 23.0 Å². The normalized spacial score (nSPS) is 16.1. The molecule has 45 heavy (non-hydrogen) atoms. The molecule has 0 radical (unpaired) electrons. The number of hydrogen-bond donors (Lipinski definition) is 5. The van der Waals surface area contributed by atoms with Gasteiger partial charge < -0.3 is 31.0 Å². The van der Waals surface area contributed by atoms with Crippen molar-refractivity contribution in [2.45, 2.75) is 45.3 Å². The van der Waals surface area contributed by atoms with E-state index in [0.717, 1.165) is 55.3 Å². The van der Waals surface area contributed by atoms with Gasteiger partial charge in [-0.3, -0.25) is 5.41 Å². The van der Waals surface area contributed by atoms with E-state index >= 15 is 0 Å². The van der Waals surface area contributed by atoms with Crippen LogP contribution in [0.3, 0.4) is 0 Å². The van der Waals surface area contributed by atoms with Crippen molar-refractivity contribution >= 4 is 63.2 Å². The number of nitrogens with one attached hydrogen (secondary N) is 4. The number of likely N-dealkylation sites (tertiary alicyclic amines) is 1. The number of nitrogen functional groups attached to an aromatic ring is 1. The topological polar surface area (TPSA) is 128 Å². The third-order valence-electron chi connectivity index (χ3n) is 7.85. The summed E-state index contributed by atoms with van der Waals surface area (Å²) in [7, 11) is 0. The number of rotatable bonds is 10. The van der Waals surface area contributed by atoms with Gasteiger partial charge in [0.15, 0.2) is 5.11 Å². The Kier molecular flexibility index (Phi) is 9.80. The van der Waals surface area contributed by atoms with Gasteiger partial charge in [-0.25, -0.2) is 4.98 Å². The number of nitrogens with zero attached hydrogens (tertiary/aromatic N) is 3. The molecule has 238 valence electrons. The van der Waals surface area contributed by atoms with Crippen molar-refractivity contribution in [1.82, 2.24) is 14.9 Å². The predicted molar refractivity (Wildman–Crippen MR) is 176 cm³/mol. The molecule has 0 bridgehead atoms. The number of hydrogen-bond acceptors (Lipinski definition) is 7. The molecule has 0 amide bonds. The lowest BCUT2D eigenvalue weighted by Gasteiger charge is -2.26. The Labute approximate surface area is 269 Å². The van der Waals surface area contributed by atoms with E-state index in [1.165, 1.54) is 12.1 Å². The van der Waals surface area contributed by atoms with E-state index in [0.29, 0.717) is 35.1 Å². The Hall–Kier alpha value is -3.94. The Bertz CT molecular complexity index is 1710. The molecule has 14 heteroatoms. The number of furan rings is 1. The molecule has 0 spiro atoms. The van der Waals surface area contributed by atoms with Gasteiger partial charge in [-0.15, -0.1) is 0 Å². The van der Waals surface area contributed by atoms with Crippen molar-refractivity contribution in [1.29, 1.82) is 5.41 Å². The van der Waals surface area contributed by atoms with Crippen molar-refractivity contribution in [2.75, 3.05) is 35.6 Å². The maximum atomic E-state index is 13.1. The minimum absolute atomic E-state index is 0.0140. The molecule has 2 aromatic carbocycles. The van der Waals surface area contributed by atoms with Gasteiger partial charge in [-0.05, 0) is 93.5 Å². The minimum atomic E-state index is -4.55. The number of aromatic nitrogens is 2. The lowest BCUT2D eigenvalue weighted by atomic mass is 9.94. The van der Waals surface area contributed by atoms with Crippen LogP contribution in [0.2, 0.25) is 5.02 Å². The van der Waals surface area contributed by atoms with Crippen LogP contribution in [0.15, 0.2) is 52.9 Å². The van der Waals surface area contributed by atoms with Crippen LogP contribution in [0.4, 0.5) is 30.6 Å². The quantitative estimate of drug-likeness (QED) is 0.0692. The van der Waals surface area contributed by atoms with E-state index < -0.39 is 16.8 Å². The second-order valence-corrected chi connectivity index (χ2v) is 11.9. The predicted octanol–water partition coefficient (Wildman–Crippen LogP) is 7.05. The first-order valence-corrected chi connectivity index (χ1v) is 15.3. The number of halogens is 4. The van der Waals surface area contributed by atoms with Gasteiger partial charge in [0.25, 0.3) is 0 Å². The number of aryl methyl sites for hydroxylation is 2. The number of nitrogens with two attached hydrogens (primary N) is 1. The van der Waals surface area contributed by atoms with Crippen LogP contribution < -0.4 is 21.7 Å². The summed E-state index contributed by atoms with van der Waals surface area (Å²) in [5, 5.41) is 17.7. The molecular weight excluding hydrogens is 625 g/mol. The fourth-order valence-corrected chi connectivity index (χ4v) is 6.06. The average Bonchev–Trinajstić information content (AvgIpc) is 3.60. The van der Waals surface area contributed by atoms with Crippen LogP contribution in [0.1, 0.15) is 42.3 Å². The fourth-order valence-electron chi connectivity index (χ4n) is 5.57. The van der Waals surface area contributed by atoms with E-state index in [4.69, 9.17) is 39.4 Å². The molecule has 6 N–H and O–H groups in total. The number of alkyl halides is 3. The maximum absolute atomic E-state index is 13.1. The summed E-state index contributed by atoms with van der Waals surface area (Å²) < 4.78 is 45.3. The van der Waals surface area contributed by atoms with Gasteiger partial charge in [-0.1, -0.05) is 18.5 Å². The molecule has 0 aliphatic carbocycles. The third-order valence-corrected chi connectivity index (χ3v) is 8.37. The standard InChI is InChI=1S/C31H34ClF3N8OS/c1-3-43-11-10-19(16-43)25(8-6-22-14-20-13-18(28(36)37)4-9-26(20)44-22)40-27-12-17(2)38-29(41-27)42-30(45)39-21-5-7-23(24(32)15-21)31(33,34)35/h4-5,7,9,12-15,19,25H,3,6,8,10-11,16H2,1-2H3,(H3,36,37)(H3,38,39,40,41,42,45). The molecule has 9 nitrogen and oxygen atoms in total. The summed E-state index contributed by atoms with van der Waals surface area (Å²) in [5.74, 6) is 2.12. The molecule has 0 saturated carbocycles. The highest BCUT2D eigenvalue weighted by molar-refractivity contribution is 7.80. The number of anilines is 3. The van der Waals surface area contributed by atoms with E-state index in [1.807, 2.05) is 31.2 Å². The molecule has 1 saturated heterocycles. The van der Waals surface area contributed by atoms with Gasteiger partial charge in [-0.2, -0.15) is 18.2 Å². The summed E-state index contributed by atoms with van der Waals surface area (Å²) in [6.07, 6.45) is -2.01. The van der Waals surface area contributed by atoms with E-state index in [9.17, 15) is 13.2 Å². The molecule has 3 heterocycles. The number of fused-ring (bicyclic) bond motifs is 1. The zero-order valence-electron chi connectivity index (χ0n) is 24.8. The highest BCUT2D eigenvalue weighted by Crippen LogP contribution is 2.36. The average molecular weight is 659 g/mol. The first-order valence-electron chi connectivity index (χ1n) is 14.5.